The molecule has 0 saturated carbocycles. The van der Waals surface area contributed by atoms with E-state index in [2.05, 4.69) is 4.98 Å². The van der Waals surface area contributed by atoms with Crippen LogP contribution in [0.4, 0.5) is 4.39 Å². The van der Waals surface area contributed by atoms with Crippen LogP contribution in [0.25, 0.3) is 10.2 Å². The lowest BCUT2D eigenvalue weighted by atomic mass is 10.2. The van der Waals surface area contributed by atoms with Crippen molar-refractivity contribution in [3.05, 3.63) is 29.3 Å². The van der Waals surface area contributed by atoms with E-state index in [1.807, 2.05) is 24.3 Å². The van der Waals surface area contributed by atoms with E-state index in [9.17, 15) is 9.18 Å². The first-order valence-electron chi connectivity index (χ1n) is 6.01. The van der Waals surface area contributed by atoms with Crippen molar-refractivity contribution in [2.45, 2.75) is 12.2 Å². The number of aromatic nitrogens is 1. The molecule has 0 aliphatic carbocycles. The summed E-state index contributed by atoms with van der Waals surface area (Å²) in [5, 5.41) is 0.391. The Bertz CT molecular complexity index is 582. The number of likely N-dealkylation sites (N-methyl/N-ethyl adjacent to an activating group) is 1. The number of ether oxygens (including phenoxy) is 1. The maximum Gasteiger partial charge on any atom is 0.283 e. The molecule has 2 unspecified atom stereocenters. The van der Waals surface area contributed by atoms with E-state index in [0.29, 0.717) is 5.01 Å². The third kappa shape index (κ3) is 2.21. The molecule has 1 aliphatic rings. The summed E-state index contributed by atoms with van der Waals surface area (Å²) in [7, 11) is 1.60. The Morgan fingerprint density at radius 1 is 1.47 bits per heavy atom. The number of rotatable bonds is 2. The molecular weight excluding hydrogens is 267 g/mol. The number of thiazole rings is 1. The number of benzene rings is 1. The molecule has 19 heavy (non-hydrogen) atoms. The molecule has 0 spiro atoms. The second-order valence-electron chi connectivity index (χ2n) is 4.52. The van der Waals surface area contributed by atoms with Gasteiger partial charge in [-0.15, -0.1) is 11.3 Å². The van der Waals surface area contributed by atoms with Gasteiger partial charge in [0.25, 0.3) is 5.91 Å². The highest BCUT2D eigenvalue weighted by Gasteiger charge is 2.34. The highest BCUT2D eigenvalue weighted by atomic mass is 32.1. The van der Waals surface area contributed by atoms with Crippen molar-refractivity contribution in [1.29, 1.82) is 0 Å². The van der Waals surface area contributed by atoms with Gasteiger partial charge in [0, 0.05) is 7.05 Å². The lowest BCUT2D eigenvalue weighted by molar-refractivity contribution is 0.0672. The number of hydrogen-bond donors (Lipinski definition) is 0. The molecule has 3 rings (SSSR count). The first kappa shape index (κ1) is 12.5. The lowest BCUT2D eigenvalue weighted by Crippen LogP contribution is -2.42. The lowest BCUT2D eigenvalue weighted by Gasteiger charge is -2.23. The molecule has 2 aromatic rings. The molecule has 1 fully saturated rings. The largest absolute Gasteiger partial charge is 0.376 e. The molecule has 1 amide bonds. The van der Waals surface area contributed by atoms with Gasteiger partial charge in [-0.25, -0.2) is 9.37 Å². The SMILES string of the molecule is CN(C(=O)c1nc2ccccc2s1)C1COCC1F. The van der Waals surface area contributed by atoms with E-state index in [-0.39, 0.29) is 19.1 Å². The minimum Gasteiger partial charge on any atom is -0.376 e. The third-order valence-corrected chi connectivity index (χ3v) is 4.30. The fourth-order valence-corrected chi connectivity index (χ4v) is 3.08. The van der Waals surface area contributed by atoms with Crippen LogP contribution in [0.3, 0.4) is 0 Å². The highest BCUT2D eigenvalue weighted by molar-refractivity contribution is 7.20. The van der Waals surface area contributed by atoms with Crippen LogP contribution in [0.5, 0.6) is 0 Å². The number of nitrogens with zero attached hydrogens (tertiary/aromatic N) is 2. The summed E-state index contributed by atoms with van der Waals surface area (Å²) < 4.78 is 19.6. The minimum atomic E-state index is -1.12. The molecule has 1 saturated heterocycles. The monoisotopic (exact) mass is 280 g/mol. The number of halogens is 1. The number of carbonyl (C=O) groups excluding carboxylic acids is 1. The van der Waals surface area contributed by atoms with E-state index in [0.717, 1.165) is 10.2 Å². The Morgan fingerprint density at radius 3 is 2.95 bits per heavy atom. The van der Waals surface area contributed by atoms with Gasteiger partial charge in [-0.2, -0.15) is 0 Å². The number of fused-ring (bicyclic) bond motifs is 1. The van der Waals surface area contributed by atoms with Gasteiger partial charge >= 0.3 is 0 Å². The fourth-order valence-electron chi connectivity index (χ4n) is 2.14. The molecule has 100 valence electrons. The summed E-state index contributed by atoms with van der Waals surface area (Å²) in [6.45, 7) is 0.302. The average molecular weight is 280 g/mol. The van der Waals surface area contributed by atoms with Crippen LogP contribution < -0.4 is 0 Å². The molecule has 0 N–H and O–H groups in total. The van der Waals surface area contributed by atoms with Crippen molar-refractivity contribution in [2.75, 3.05) is 20.3 Å². The molecule has 2 atom stereocenters. The standard InChI is InChI=1S/C13H13FN2O2S/c1-16(10-7-18-6-8(10)14)13(17)12-15-9-4-2-3-5-11(9)19-12/h2-5,8,10H,6-7H2,1H3. The van der Waals surface area contributed by atoms with Gasteiger partial charge in [-0.3, -0.25) is 4.79 Å². The third-order valence-electron chi connectivity index (χ3n) is 3.28. The van der Waals surface area contributed by atoms with Gasteiger partial charge in [-0.05, 0) is 12.1 Å². The highest BCUT2D eigenvalue weighted by Crippen LogP contribution is 2.24. The predicted octanol–water partition coefficient (Wildman–Crippen LogP) is 2.11. The molecule has 2 heterocycles. The molecule has 0 bridgehead atoms. The van der Waals surface area contributed by atoms with Gasteiger partial charge < -0.3 is 9.64 Å². The summed E-state index contributed by atoms with van der Waals surface area (Å²) >= 11 is 1.33. The molecule has 6 heteroatoms. The van der Waals surface area contributed by atoms with Gasteiger partial charge in [-0.1, -0.05) is 12.1 Å². The second-order valence-corrected chi connectivity index (χ2v) is 5.55. The Labute approximate surface area is 113 Å². The normalized spacial score (nSPS) is 22.8. The van der Waals surface area contributed by atoms with Crippen LogP contribution in [-0.2, 0) is 4.74 Å². The van der Waals surface area contributed by atoms with Crippen LogP contribution >= 0.6 is 11.3 Å². The molecule has 1 aromatic heterocycles. The Balaban J connectivity index is 1.86. The van der Waals surface area contributed by atoms with Crippen LogP contribution in [0, 0.1) is 0 Å². The number of hydrogen-bond acceptors (Lipinski definition) is 4. The van der Waals surface area contributed by atoms with Crippen LogP contribution in [0.2, 0.25) is 0 Å². The summed E-state index contributed by atoms with van der Waals surface area (Å²) in [6, 6.07) is 7.04. The van der Waals surface area contributed by atoms with Crippen molar-refractivity contribution in [2.24, 2.45) is 0 Å². The van der Waals surface area contributed by atoms with E-state index < -0.39 is 12.2 Å². The zero-order chi connectivity index (χ0) is 13.4. The maximum atomic E-state index is 13.6. The summed E-state index contributed by atoms with van der Waals surface area (Å²) in [6.07, 6.45) is -1.12. The van der Waals surface area contributed by atoms with Crippen molar-refractivity contribution in [1.82, 2.24) is 9.88 Å². The predicted molar refractivity (Wildman–Crippen MR) is 71.2 cm³/mol. The Kier molecular flexibility index (Phi) is 3.20. The zero-order valence-corrected chi connectivity index (χ0v) is 11.2. The molecular formula is C13H13FN2O2S. The molecule has 0 radical (unpaired) electrons. The maximum absolute atomic E-state index is 13.6. The minimum absolute atomic E-state index is 0.0577. The van der Waals surface area contributed by atoms with Crippen LogP contribution in [0.1, 0.15) is 9.80 Å². The number of carbonyl (C=O) groups is 1. The quantitative estimate of drug-likeness (QED) is 0.846. The molecule has 4 nitrogen and oxygen atoms in total. The van der Waals surface area contributed by atoms with Gasteiger partial charge in [0.2, 0.25) is 0 Å². The number of alkyl halides is 1. The second kappa shape index (κ2) is 4.86. The van der Waals surface area contributed by atoms with Crippen molar-refractivity contribution in [3.63, 3.8) is 0 Å². The van der Waals surface area contributed by atoms with Crippen molar-refractivity contribution in [3.8, 4) is 0 Å². The van der Waals surface area contributed by atoms with E-state index >= 15 is 0 Å². The van der Waals surface area contributed by atoms with Crippen LogP contribution in [0.15, 0.2) is 24.3 Å². The Morgan fingerprint density at radius 2 is 2.26 bits per heavy atom. The first-order valence-corrected chi connectivity index (χ1v) is 6.83. The average Bonchev–Trinajstić information content (AvgIpc) is 3.02. The number of amides is 1. The van der Waals surface area contributed by atoms with Gasteiger partial charge in [0.05, 0.1) is 29.5 Å². The topological polar surface area (TPSA) is 42.4 Å². The number of para-hydroxylation sites is 1. The van der Waals surface area contributed by atoms with E-state index in [4.69, 9.17) is 4.74 Å². The van der Waals surface area contributed by atoms with Crippen molar-refractivity contribution >= 4 is 27.5 Å². The summed E-state index contributed by atoms with van der Waals surface area (Å²) in [4.78, 5) is 18.0. The smallest absolute Gasteiger partial charge is 0.283 e. The van der Waals surface area contributed by atoms with E-state index in [1.54, 1.807) is 7.05 Å². The Hall–Kier alpha value is -1.53. The molecule has 1 aliphatic heterocycles. The first-order chi connectivity index (χ1) is 9.16. The molecule has 1 aromatic carbocycles. The fraction of sp³-hybridized carbons (Fsp3) is 0.385. The summed E-state index contributed by atoms with van der Waals surface area (Å²) in [5.74, 6) is -0.251. The van der Waals surface area contributed by atoms with Gasteiger partial charge in [0.1, 0.15) is 6.17 Å². The summed E-state index contributed by atoms with van der Waals surface area (Å²) in [5.41, 5.74) is 0.795. The van der Waals surface area contributed by atoms with Crippen molar-refractivity contribution < 1.29 is 13.9 Å². The van der Waals surface area contributed by atoms with E-state index in [1.165, 1.54) is 16.2 Å². The zero-order valence-electron chi connectivity index (χ0n) is 10.4. The van der Waals surface area contributed by atoms with Crippen LogP contribution in [-0.4, -0.2) is 48.3 Å². The van der Waals surface area contributed by atoms with Gasteiger partial charge in [0.15, 0.2) is 5.01 Å².